The van der Waals surface area contributed by atoms with E-state index in [0.29, 0.717) is 25.3 Å². The van der Waals surface area contributed by atoms with Gasteiger partial charge in [-0.3, -0.25) is 4.79 Å². The molecule has 0 atom stereocenters. The normalized spacial score (nSPS) is 11.3. The Bertz CT molecular complexity index is 526. The zero-order valence-electron chi connectivity index (χ0n) is 11.7. The highest BCUT2D eigenvalue weighted by Gasteiger charge is 2.12. The first kappa shape index (κ1) is 16.6. The molecule has 1 aromatic carbocycles. The molecule has 0 heterocycles. The van der Waals surface area contributed by atoms with E-state index < -0.39 is 10.0 Å². The van der Waals surface area contributed by atoms with Crippen LogP contribution in [0.4, 0.5) is 0 Å². The minimum atomic E-state index is -3.47. The number of rotatable bonds is 8. The number of benzene rings is 1. The number of carbonyl (C=O) groups is 1. The number of ether oxygens (including phenoxy) is 1. The van der Waals surface area contributed by atoms with Gasteiger partial charge in [0.1, 0.15) is 0 Å². The molecule has 6 nitrogen and oxygen atoms in total. The predicted molar refractivity (Wildman–Crippen MR) is 76.1 cm³/mol. The summed E-state index contributed by atoms with van der Waals surface area (Å²) in [5.41, 5.74) is 0.427. The Balaban J connectivity index is 2.54. The zero-order valence-corrected chi connectivity index (χ0v) is 12.5. The molecule has 0 aliphatic heterocycles. The van der Waals surface area contributed by atoms with Gasteiger partial charge in [-0.25, -0.2) is 13.1 Å². The third kappa shape index (κ3) is 4.92. The van der Waals surface area contributed by atoms with E-state index in [-0.39, 0.29) is 10.8 Å². The average Bonchev–Trinajstić information content (AvgIpc) is 2.47. The summed E-state index contributed by atoms with van der Waals surface area (Å²) in [5.74, 6) is -0.227. The van der Waals surface area contributed by atoms with E-state index >= 15 is 0 Å². The van der Waals surface area contributed by atoms with Crippen molar-refractivity contribution in [1.29, 1.82) is 0 Å². The van der Waals surface area contributed by atoms with Gasteiger partial charge in [-0.2, -0.15) is 0 Å². The Kier molecular flexibility index (Phi) is 6.63. The average molecular weight is 300 g/mol. The third-order valence-corrected chi connectivity index (χ3v) is 4.08. The molecule has 1 rings (SSSR count). The predicted octanol–water partition coefficient (Wildman–Crippen LogP) is 0.751. The van der Waals surface area contributed by atoms with Gasteiger partial charge in [0.05, 0.1) is 4.90 Å². The fraction of sp³-hybridized carbons (Fsp3) is 0.462. The molecule has 0 saturated heterocycles. The van der Waals surface area contributed by atoms with Gasteiger partial charge in [0, 0.05) is 25.3 Å². The van der Waals surface area contributed by atoms with Crippen molar-refractivity contribution in [1.82, 2.24) is 10.0 Å². The second-order valence-electron chi connectivity index (χ2n) is 4.04. The zero-order chi connectivity index (χ0) is 15.0. The lowest BCUT2D eigenvalue weighted by atomic mass is 10.2. The highest BCUT2D eigenvalue weighted by atomic mass is 32.2. The van der Waals surface area contributed by atoms with Gasteiger partial charge in [0.2, 0.25) is 10.0 Å². The van der Waals surface area contributed by atoms with Gasteiger partial charge in [-0.05, 0) is 44.7 Å². The van der Waals surface area contributed by atoms with E-state index in [1.807, 2.05) is 6.92 Å². The van der Waals surface area contributed by atoms with Gasteiger partial charge in [-0.15, -0.1) is 0 Å². The summed E-state index contributed by atoms with van der Waals surface area (Å²) >= 11 is 0. The van der Waals surface area contributed by atoms with Crippen molar-refractivity contribution in [3.05, 3.63) is 29.8 Å². The first-order valence-corrected chi connectivity index (χ1v) is 7.89. The molecule has 0 bridgehead atoms. The van der Waals surface area contributed by atoms with Crippen LogP contribution >= 0.6 is 0 Å². The largest absolute Gasteiger partial charge is 0.382 e. The van der Waals surface area contributed by atoms with E-state index in [1.165, 1.54) is 31.3 Å². The molecular formula is C13H20N2O4S. The summed E-state index contributed by atoms with van der Waals surface area (Å²) in [6.07, 6.45) is 0.742. The van der Waals surface area contributed by atoms with E-state index in [1.54, 1.807) is 0 Å². The first-order valence-electron chi connectivity index (χ1n) is 6.41. The van der Waals surface area contributed by atoms with Crippen molar-refractivity contribution in [2.45, 2.75) is 18.2 Å². The van der Waals surface area contributed by atoms with E-state index in [9.17, 15) is 13.2 Å². The van der Waals surface area contributed by atoms with Crippen molar-refractivity contribution < 1.29 is 17.9 Å². The lowest BCUT2D eigenvalue weighted by Crippen LogP contribution is -2.25. The van der Waals surface area contributed by atoms with Gasteiger partial charge in [0.25, 0.3) is 5.91 Å². The van der Waals surface area contributed by atoms with Crippen molar-refractivity contribution >= 4 is 15.9 Å². The second kappa shape index (κ2) is 7.98. The number of hydrogen-bond donors (Lipinski definition) is 2. The highest BCUT2D eigenvalue weighted by Crippen LogP contribution is 2.09. The summed E-state index contributed by atoms with van der Waals surface area (Å²) in [7, 11) is -2.12. The Labute approximate surface area is 119 Å². The van der Waals surface area contributed by atoms with Crippen molar-refractivity contribution in [2.24, 2.45) is 0 Å². The monoisotopic (exact) mass is 300 g/mol. The minimum Gasteiger partial charge on any atom is -0.382 e. The lowest BCUT2D eigenvalue weighted by molar-refractivity contribution is 0.0944. The maximum absolute atomic E-state index is 11.8. The molecule has 0 saturated carbocycles. The van der Waals surface area contributed by atoms with Crippen molar-refractivity contribution in [3.63, 3.8) is 0 Å². The Morgan fingerprint density at radius 1 is 1.25 bits per heavy atom. The fourth-order valence-electron chi connectivity index (χ4n) is 1.53. The molecule has 0 spiro atoms. The Morgan fingerprint density at radius 2 is 1.90 bits per heavy atom. The Hall–Kier alpha value is -1.44. The molecule has 1 aromatic rings. The smallest absolute Gasteiger partial charge is 0.251 e. The highest BCUT2D eigenvalue weighted by molar-refractivity contribution is 7.89. The first-order chi connectivity index (χ1) is 9.51. The maximum Gasteiger partial charge on any atom is 0.251 e. The number of carbonyl (C=O) groups excluding carboxylic acids is 1. The number of sulfonamides is 1. The van der Waals surface area contributed by atoms with Gasteiger partial charge in [0.15, 0.2) is 0 Å². The molecule has 0 aliphatic rings. The van der Waals surface area contributed by atoms with Crippen molar-refractivity contribution in [3.8, 4) is 0 Å². The van der Waals surface area contributed by atoms with Gasteiger partial charge >= 0.3 is 0 Å². The summed E-state index contributed by atoms with van der Waals surface area (Å²) in [6.45, 7) is 3.71. The molecule has 7 heteroatoms. The summed E-state index contributed by atoms with van der Waals surface area (Å²) in [4.78, 5) is 11.9. The second-order valence-corrected chi connectivity index (χ2v) is 5.92. The Morgan fingerprint density at radius 3 is 2.45 bits per heavy atom. The van der Waals surface area contributed by atoms with E-state index in [2.05, 4.69) is 10.0 Å². The van der Waals surface area contributed by atoms with Crippen molar-refractivity contribution in [2.75, 3.05) is 26.8 Å². The summed E-state index contributed by atoms with van der Waals surface area (Å²) in [5, 5.41) is 2.75. The summed E-state index contributed by atoms with van der Waals surface area (Å²) in [6, 6.07) is 5.78. The molecular weight excluding hydrogens is 280 g/mol. The molecule has 2 N–H and O–H groups in total. The number of hydrogen-bond acceptors (Lipinski definition) is 4. The minimum absolute atomic E-state index is 0.132. The van der Waals surface area contributed by atoms with Crippen LogP contribution < -0.4 is 10.0 Å². The topological polar surface area (TPSA) is 84.5 Å². The summed E-state index contributed by atoms with van der Waals surface area (Å²) < 4.78 is 30.4. The van der Waals surface area contributed by atoms with Crippen LogP contribution in [-0.2, 0) is 14.8 Å². The van der Waals surface area contributed by atoms with Crippen LogP contribution in [-0.4, -0.2) is 41.1 Å². The SMILES string of the molecule is CCOCCCNC(=O)c1ccc(S(=O)(=O)NC)cc1. The van der Waals surface area contributed by atoms with Gasteiger partial charge in [-0.1, -0.05) is 0 Å². The van der Waals surface area contributed by atoms with Crippen LogP contribution in [0.1, 0.15) is 23.7 Å². The lowest BCUT2D eigenvalue weighted by Gasteiger charge is -2.06. The molecule has 0 fully saturated rings. The van der Waals surface area contributed by atoms with Crippen LogP contribution in [0.15, 0.2) is 29.2 Å². The molecule has 0 aromatic heterocycles. The fourth-order valence-corrected chi connectivity index (χ4v) is 2.26. The van der Waals surface area contributed by atoms with Crippen LogP contribution in [0.25, 0.3) is 0 Å². The van der Waals surface area contributed by atoms with E-state index in [4.69, 9.17) is 4.74 Å². The molecule has 0 unspecified atom stereocenters. The van der Waals surface area contributed by atoms with E-state index in [0.717, 1.165) is 6.42 Å². The molecule has 112 valence electrons. The van der Waals surface area contributed by atoms with Crippen LogP contribution in [0.5, 0.6) is 0 Å². The maximum atomic E-state index is 11.8. The van der Waals surface area contributed by atoms with Crippen LogP contribution in [0.3, 0.4) is 0 Å². The molecule has 0 radical (unpaired) electrons. The van der Waals surface area contributed by atoms with Gasteiger partial charge < -0.3 is 10.1 Å². The quantitative estimate of drug-likeness (QED) is 0.694. The van der Waals surface area contributed by atoms with Crippen LogP contribution in [0.2, 0.25) is 0 Å². The third-order valence-electron chi connectivity index (χ3n) is 2.65. The molecule has 20 heavy (non-hydrogen) atoms. The van der Waals surface area contributed by atoms with Crippen LogP contribution in [0, 0.1) is 0 Å². The molecule has 1 amide bonds. The number of amides is 1. The number of nitrogens with one attached hydrogen (secondary N) is 2. The molecule has 0 aliphatic carbocycles. The standard InChI is InChI=1S/C13H20N2O4S/c1-3-19-10-4-9-15-13(16)11-5-7-12(8-6-11)20(17,18)14-2/h5-8,14H,3-4,9-10H2,1-2H3,(H,15,16).